The summed E-state index contributed by atoms with van der Waals surface area (Å²) >= 11 is 0. The second kappa shape index (κ2) is 5.59. The number of amides is 2. The van der Waals surface area contributed by atoms with Gasteiger partial charge in [0.2, 0.25) is 0 Å². The number of nitrogens with zero attached hydrogens (tertiary/aromatic N) is 1. The number of piperidine rings is 1. The SMILES string of the molecule is CC1CC(C(=O)O)CN(C(=O)NC2CCCC2)C1. The molecule has 0 aromatic rings. The lowest BCUT2D eigenvalue weighted by Gasteiger charge is -2.35. The van der Waals surface area contributed by atoms with E-state index in [1.807, 2.05) is 6.92 Å². The van der Waals surface area contributed by atoms with E-state index in [-0.39, 0.29) is 18.0 Å². The van der Waals surface area contributed by atoms with E-state index >= 15 is 0 Å². The van der Waals surface area contributed by atoms with Gasteiger partial charge in [0.15, 0.2) is 0 Å². The topological polar surface area (TPSA) is 69.6 Å². The Morgan fingerprint density at radius 3 is 2.50 bits per heavy atom. The van der Waals surface area contributed by atoms with Gasteiger partial charge in [0.05, 0.1) is 5.92 Å². The van der Waals surface area contributed by atoms with Gasteiger partial charge in [-0.2, -0.15) is 0 Å². The summed E-state index contributed by atoms with van der Waals surface area (Å²) in [5.74, 6) is -0.947. The summed E-state index contributed by atoms with van der Waals surface area (Å²) in [6.07, 6.45) is 5.13. The molecule has 1 saturated carbocycles. The Kier molecular flexibility index (Phi) is 4.09. The minimum Gasteiger partial charge on any atom is -0.481 e. The molecule has 5 heteroatoms. The smallest absolute Gasteiger partial charge is 0.317 e. The van der Waals surface area contributed by atoms with E-state index in [1.165, 1.54) is 12.8 Å². The van der Waals surface area contributed by atoms with Crippen LogP contribution < -0.4 is 5.32 Å². The van der Waals surface area contributed by atoms with Crippen LogP contribution in [0.15, 0.2) is 0 Å². The highest BCUT2D eigenvalue weighted by molar-refractivity contribution is 5.76. The van der Waals surface area contributed by atoms with Crippen molar-refractivity contribution >= 4 is 12.0 Å². The zero-order valence-corrected chi connectivity index (χ0v) is 10.9. The summed E-state index contributed by atoms with van der Waals surface area (Å²) in [4.78, 5) is 24.8. The normalized spacial score (nSPS) is 29.3. The van der Waals surface area contributed by atoms with Gasteiger partial charge in [-0.25, -0.2) is 4.79 Å². The molecule has 0 radical (unpaired) electrons. The fourth-order valence-corrected chi connectivity index (χ4v) is 3.03. The van der Waals surface area contributed by atoms with E-state index in [4.69, 9.17) is 5.11 Å². The molecule has 1 heterocycles. The molecular formula is C13H22N2O3. The van der Waals surface area contributed by atoms with Gasteiger partial charge in [0, 0.05) is 19.1 Å². The molecule has 2 aliphatic rings. The lowest BCUT2D eigenvalue weighted by molar-refractivity contribution is -0.143. The Hall–Kier alpha value is -1.26. The molecular weight excluding hydrogens is 232 g/mol. The quantitative estimate of drug-likeness (QED) is 0.787. The maximum atomic E-state index is 12.1. The van der Waals surface area contributed by atoms with Crippen molar-refractivity contribution in [2.24, 2.45) is 11.8 Å². The van der Waals surface area contributed by atoms with Crippen molar-refractivity contribution in [2.75, 3.05) is 13.1 Å². The second-order valence-electron chi connectivity index (χ2n) is 5.71. The molecule has 1 aliphatic carbocycles. The number of carboxylic acids is 1. The van der Waals surface area contributed by atoms with E-state index < -0.39 is 11.9 Å². The molecule has 0 aromatic carbocycles. The average Bonchev–Trinajstić information content (AvgIpc) is 2.80. The molecule has 2 N–H and O–H groups in total. The Morgan fingerprint density at radius 1 is 1.22 bits per heavy atom. The van der Waals surface area contributed by atoms with Crippen LogP contribution in [0.5, 0.6) is 0 Å². The Labute approximate surface area is 108 Å². The van der Waals surface area contributed by atoms with E-state index in [0.29, 0.717) is 19.5 Å². The van der Waals surface area contributed by atoms with Crippen molar-refractivity contribution in [3.63, 3.8) is 0 Å². The number of rotatable bonds is 2. The predicted octanol–water partition coefficient (Wildman–Crippen LogP) is 1.68. The predicted molar refractivity (Wildman–Crippen MR) is 67.3 cm³/mol. The van der Waals surface area contributed by atoms with Gasteiger partial charge in [-0.1, -0.05) is 19.8 Å². The van der Waals surface area contributed by atoms with Crippen molar-refractivity contribution in [2.45, 2.75) is 45.1 Å². The molecule has 1 saturated heterocycles. The molecule has 0 aromatic heterocycles. The van der Waals surface area contributed by atoms with Gasteiger partial charge < -0.3 is 15.3 Å². The number of carbonyl (C=O) groups is 2. The molecule has 2 atom stereocenters. The molecule has 102 valence electrons. The molecule has 0 spiro atoms. The second-order valence-corrected chi connectivity index (χ2v) is 5.71. The molecule has 1 aliphatic heterocycles. The summed E-state index contributed by atoms with van der Waals surface area (Å²) in [5.41, 5.74) is 0. The summed E-state index contributed by atoms with van der Waals surface area (Å²) in [5, 5.41) is 12.1. The van der Waals surface area contributed by atoms with Crippen LogP contribution in [-0.4, -0.2) is 41.1 Å². The van der Waals surface area contributed by atoms with Gasteiger partial charge in [0.1, 0.15) is 0 Å². The maximum absolute atomic E-state index is 12.1. The summed E-state index contributed by atoms with van der Waals surface area (Å²) < 4.78 is 0. The van der Waals surface area contributed by atoms with E-state index in [2.05, 4.69) is 5.32 Å². The van der Waals surface area contributed by atoms with Crippen molar-refractivity contribution in [3.05, 3.63) is 0 Å². The Bertz CT molecular complexity index is 326. The molecule has 0 bridgehead atoms. The minimum atomic E-state index is -0.791. The zero-order valence-electron chi connectivity index (χ0n) is 10.9. The number of carbonyl (C=O) groups excluding carboxylic acids is 1. The standard InChI is InChI=1S/C13H22N2O3/c1-9-6-10(12(16)17)8-15(7-9)13(18)14-11-4-2-3-5-11/h9-11H,2-8H2,1H3,(H,14,18)(H,16,17). The van der Waals surface area contributed by atoms with Crippen LogP contribution in [0.4, 0.5) is 4.79 Å². The largest absolute Gasteiger partial charge is 0.481 e. The highest BCUT2D eigenvalue weighted by atomic mass is 16.4. The summed E-state index contributed by atoms with van der Waals surface area (Å²) in [6, 6.07) is 0.206. The van der Waals surface area contributed by atoms with Gasteiger partial charge in [-0.15, -0.1) is 0 Å². The maximum Gasteiger partial charge on any atom is 0.317 e. The van der Waals surface area contributed by atoms with Crippen LogP contribution in [0, 0.1) is 11.8 Å². The number of nitrogens with one attached hydrogen (secondary N) is 1. The third kappa shape index (κ3) is 3.15. The number of hydrogen-bond acceptors (Lipinski definition) is 2. The first-order chi connectivity index (χ1) is 8.56. The number of hydrogen-bond donors (Lipinski definition) is 2. The molecule has 2 fully saturated rings. The lowest BCUT2D eigenvalue weighted by atomic mass is 9.91. The monoisotopic (exact) mass is 254 g/mol. The average molecular weight is 254 g/mol. The summed E-state index contributed by atoms with van der Waals surface area (Å²) in [7, 11) is 0. The first-order valence-corrected chi connectivity index (χ1v) is 6.84. The molecule has 2 rings (SSSR count). The number of likely N-dealkylation sites (tertiary alicyclic amines) is 1. The third-order valence-corrected chi connectivity index (χ3v) is 3.98. The lowest BCUT2D eigenvalue weighted by Crippen LogP contribution is -2.51. The highest BCUT2D eigenvalue weighted by Crippen LogP contribution is 2.23. The van der Waals surface area contributed by atoms with Gasteiger partial charge in [-0.05, 0) is 25.2 Å². The molecule has 2 amide bonds. The molecule has 5 nitrogen and oxygen atoms in total. The van der Waals surface area contributed by atoms with Crippen molar-refractivity contribution in [3.8, 4) is 0 Å². The van der Waals surface area contributed by atoms with Crippen LogP contribution >= 0.6 is 0 Å². The van der Waals surface area contributed by atoms with Crippen LogP contribution in [-0.2, 0) is 4.79 Å². The highest BCUT2D eigenvalue weighted by Gasteiger charge is 2.32. The Balaban J connectivity index is 1.89. The van der Waals surface area contributed by atoms with E-state index in [1.54, 1.807) is 4.90 Å². The number of carboxylic acid groups (broad SMARTS) is 1. The van der Waals surface area contributed by atoms with Crippen LogP contribution in [0.1, 0.15) is 39.0 Å². The van der Waals surface area contributed by atoms with Crippen molar-refractivity contribution < 1.29 is 14.7 Å². The van der Waals surface area contributed by atoms with E-state index in [9.17, 15) is 9.59 Å². The van der Waals surface area contributed by atoms with Crippen molar-refractivity contribution in [1.29, 1.82) is 0 Å². The zero-order chi connectivity index (χ0) is 13.1. The van der Waals surface area contributed by atoms with Gasteiger partial charge >= 0.3 is 12.0 Å². The molecule has 2 unspecified atom stereocenters. The number of urea groups is 1. The van der Waals surface area contributed by atoms with E-state index in [0.717, 1.165) is 12.8 Å². The Morgan fingerprint density at radius 2 is 1.89 bits per heavy atom. The fourth-order valence-electron chi connectivity index (χ4n) is 3.03. The van der Waals surface area contributed by atoms with Gasteiger partial charge in [-0.3, -0.25) is 4.79 Å². The van der Waals surface area contributed by atoms with Gasteiger partial charge in [0.25, 0.3) is 0 Å². The third-order valence-electron chi connectivity index (χ3n) is 3.98. The molecule has 18 heavy (non-hydrogen) atoms. The van der Waals surface area contributed by atoms with Crippen LogP contribution in [0.3, 0.4) is 0 Å². The van der Waals surface area contributed by atoms with Crippen molar-refractivity contribution in [1.82, 2.24) is 10.2 Å². The first-order valence-electron chi connectivity index (χ1n) is 6.84. The minimum absolute atomic E-state index is 0.0836. The first kappa shape index (κ1) is 13.2. The number of aliphatic carboxylic acids is 1. The van der Waals surface area contributed by atoms with Crippen LogP contribution in [0.2, 0.25) is 0 Å². The fraction of sp³-hybridized carbons (Fsp3) is 0.846. The summed E-state index contributed by atoms with van der Waals surface area (Å²) in [6.45, 7) is 3.02. The van der Waals surface area contributed by atoms with Crippen LogP contribution in [0.25, 0.3) is 0 Å².